The molecule has 0 saturated carbocycles. The van der Waals surface area contributed by atoms with E-state index in [4.69, 9.17) is 4.74 Å². The first-order chi connectivity index (χ1) is 14.0. The van der Waals surface area contributed by atoms with E-state index >= 15 is 0 Å². The molecule has 0 saturated heterocycles. The van der Waals surface area contributed by atoms with Gasteiger partial charge in [-0.05, 0) is 42.5 Å². The number of pyridine rings is 1. The van der Waals surface area contributed by atoms with E-state index in [0.29, 0.717) is 24.1 Å². The van der Waals surface area contributed by atoms with E-state index in [9.17, 15) is 14.4 Å². The maximum Gasteiger partial charge on any atom is 0.341 e. The van der Waals surface area contributed by atoms with Crippen molar-refractivity contribution < 1.29 is 19.1 Å². The van der Waals surface area contributed by atoms with Crippen molar-refractivity contribution in [2.75, 3.05) is 11.4 Å². The van der Waals surface area contributed by atoms with Gasteiger partial charge in [0, 0.05) is 42.5 Å². The lowest BCUT2D eigenvalue weighted by Gasteiger charge is -2.16. The minimum Gasteiger partial charge on any atom is -0.451 e. The van der Waals surface area contributed by atoms with Gasteiger partial charge in [-0.3, -0.25) is 14.6 Å². The van der Waals surface area contributed by atoms with E-state index in [2.05, 4.69) is 4.98 Å². The number of nitrogens with zero attached hydrogens (tertiary/aromatic N) is 2. The van der Waals surface area contributed by atoms with Crippen molar-refractivity contribution in [1.29, 1.82) is 0 Å². The molecule has 1 aliphatic rings. The number of fused-ring (bicyclic) bond motifs is 2. The second-order valence-electron chi connectivity index (χ2n) is 7.08. The van der Waals surface area contributed by atoms with E-state index in [1.165, 1.54) is 13.1 Å². The lowest BCUT2D eigenvalue weighted by atomic mass is 10.0. The molecule has 0 radical (unpaired) electrons. The number of aromatic nitrogens is 1. The first kappa shape index (κ1) is 18.8. The van der Waals surface area contributed by atoms with Gasteiger partial charge >= 0.3 is 5.97 Å². The molecule has 0 N–H and O–H groups in total. The molecule has 0 spiro atoms. The number of carbonyl (C=O) groups is 3. The summed E-state index contributed by atoms with van der Waals surface area (Å²) in [5.41, 5.74) is 2.57. The number of hydrogen-bond acceptors (Lipinski definition) is 5. The van der Waals surface area contributed by atoms with Crippen molar-refractivity contribution in [2.45, 2.75) is 26.4 Å². The van der Waals surface area contributed by atoms with E-state index in [1.807, 2.05) is 24.3 Å². The highest BCUT2D eigenvalue weighted by Crippen LogP contribution is 2.29. The lowest BCUT2D eigenvalue weighted by Crippen LogP contribution is -2.26. The predicted molar refractivity (Wildman–Crippen MR) is 109 cm³/mol. The number of esters is 1. The fraction of sp³-hybridized carbons (Fsp3) is 0.217. The molecule has 4 rings (SSSR count). The van der Waals surface area contributed by atoms with Crippen LogP contribution in [-0.2, 0) is 16.0 Å². The first-order valence-electron chi connectivity index (χ1n) is 9.44. The smallest absolute Gasteiger partial charge is 0.341 e. The zero-order valence-electron chi connectivity index (χ0n) is 16.2. The molecule has 6 nitrogen and oxygen atoms in total. The highest BCUT2D eigenvalue weighted by molar-refractivity contribution is 6.06. The van der Waals surface area contributed by atoms with Crippen LogP contribution >= 0.6 is 0 Å². The summed E-state index contributed by atoms with van der Waals surface area (Å²) in [6.45, 7) is 3.70. The number of carbonyl (C=O) groups excluding carboxylic acids is 3. The molecule has 2 heterocycles. The van der Waals surface area contributed by atoms with Crippen LogP contribution in [-0.4, -0.2) is 35.3 Å². The van der Waals surface area contributed by atoms with Crippen molar-refractivity contribution in [3.63, 3.8) is 0 Å². The summed E-state index contributed by atoms with van der Waals surface area (Å²) >= 11 is 0. The molecule has 0 bridgehead atoms. The molecule has 146 valence electrons. The van der Waals surface area contributed by atoms with Crippen molar-refractivity contribution >= 4 is 34.1 Å². The van der Waals surface area contributed by atoms with Crippen molar-refractivity contribution in [1.82, 2.24) is 4.98 Å². The third-order valence-corrected chi connectivity index (χ3v) is 5.18. The summed E-state index contributed by atoms with van der Waals surface area (Å²) in [6.07, 6.45) is 2.89. The molecule has 6 heteroatoms. The summed E-state index contributed by atoms with van der Waals surface area (Å²) in [5, 5.41) is 1.56. The maximum atomic E-state index is 12.8. The molecular formula is C23H20N2O4. The first-order valence-corrected chi connectivity index (χ1v) is 9.44. The Kier molecular flexibility index (Phi) is 4.84. The standard InChI is InChI=1S/C23H20N2O4/c1-14(29-23(28)20-13-24-12-18-5-3-4-6-19(18)20)22(27)17-7-8-21-16(11-17)9-10-25(21)15(2)26/h3-8,11-14H,9-10H2,1-2H3/t14-/m1/s1. The summed E-state index contributed by atoms with van der Waals surface area (Å²) in [7, 11) is 0. The minimum absolute atomic E-state index is 0.0196. The van der Waals surface area contributed by atoms with Crippen molar-refractivity contribution in [2.24, 2.45) is 0 Å². The Morgan fingerprint density at radius 2 is 1.90 bits per heavy atom. The van der Waals surface area contributed by atoms with Crippen molar-refractivity contribution in [3.05, 3.63) is 71.5 Å². The van der Waals surface area contributed by atoms with Crippen LogP contribution in [0.25, 0.3) is 10.8 Å². The summed E-state index contributed by atoms with van der Waals surface area (Å²) < 4.78 is 5.45. The third-order valence-electron chi connectivity index (χ3n) is 5.18. The van der Waals surface area contributed by atoms with Crippen LogP contribution in [0.2, 0.25) is 0 Å². The van der Waals surface area contributed by atoms with E-state index < -0.39 is 12.1 Å². The summed E-state index contributed by atoms with van der Waals surface area (Å²) in [4.78, 5) is 42.9. The number of ether oxygens (including phenoxy) is 1. The number of amides is 1. The topological polar surface area (TPSA) is 76.6 Å². The van der Waals surface area contributed by atoms with Gasteiger partial charge in [-0.15, -0.1) is 0 Å². The number of benzene rings is 2. The number of Topliss-reactive ketones (excluding diaryl/α,β-unsaturated/α-hetero) is 1. The maximum absolute atomic E-state index is 12.8. The van der Waals surface area contributed by atoms with Crippen LogP contribution in [0.1, 0.15) is 40.1 Å². The highest BCUT2D eigenvalue weighted by Gasteiger charge is 2.26. The fourth-order valence-corrected chi connectivity index (χ4v) is 3.67. The van der Waals surface area contributed by atoms with Crippen LogP contribution in [0, 0.1) is 0 Å². The number of rotatable bonds is 4. The zero-order valence-corrected chi connectivity index (χ0v) is 16.2. The zero-order chi connectivity index (χ0) is 20.5. The molecule has 1 aromatic heterocycles. The third kappa shape index (κ3) is 3.49. The van der Waals surface area contributed by atoms with E-state index in [0.717, 1.165) is 22.0 Å². The Bertz CT molecular complexity index is 1130. The average molecular weight is 388 g/mol. The van der Waals surface area contributed by atoms with Crippen LogP contribution in [0.5, 0.6) is 0 Å². The summed E-state index contributed by atoms with van der Waals surface area (Å²) in [6, 6.07) is 12.6. The van der Waals surface area contributed by atoms with Gasteiger partial charge in [0.1, 0.15) is 0 Å². The van der Waals surface area contributed by atoms with Gasteiger partial charge in [-0.2, -0.15) is 0 Å². The molecule has 1 aliphatic heterocycles. The number of hydrogen-bond donors (Lipinski definition) is 0. The Morgan fingerprint density at radius 1 is 1.10 bits per heavy atom. The number of anilines is 1. The van der Waals surface area contributed by atoms with Gasteiger partial charge < -0.3 is 9.64 Å². The molecule has 0 aliphatic carbocycles. The Hall–Kier alpha value is -3.54. The molecule has 3 aromatic rings. The predicted octanol–water partition coefficient (Wildman–Crippen LogP) is 3.57. The minimum atomic E-state index is -0.940. The lowest BCUT2D eigenvalue weighted by molar-refractivity contribution is -0.116. The monoisotopic (exact) mass is 388 g/mol. The molecular weight excluding hydrogens is 368 g/mol. The fourth-order valence-electron chi connectivity index (χ4n) is 3.67. The molecule has 1 amide bonds. The van der Waals surface area contributed by atoms with E-state index in [-0.39, 0.29) is 11.7 Å². The Balaban J connectivity index is 1.53. The van der Waals surface area contributed by atoms with Crippen LogP contribution in [0.15, 0.2) is 54.9 Å². The number of ketones is 1. The Labute approximate surface area is 168 Å². The second kappa shape index (κ2) is 7.47. The molecule has 29 heavy (non-hydrogen) atoms. The molecule has 0 fully saturated rings. The average Bonchev–Trinajstić information content (AvgIpc) is 3.16. The quantitative estimate of drug-likeness (QED) is 0.504. The van der Waals surface area contributed by atoms with Gasteiger partial charge in [0.25, 0.3) is 0 Å². The second-order valence-corrected chi connectivity index (χ2v) is 7.08. The molecule has 1 atom stereocenters. The highest BCUT2D eigenvalue weighted by atomic mass is 16.5. The van der Waals surface area contributed by atoms with Gasteiger partial charge in [0.05, 0.1) is 5.56 Å². The van der Waals surface area contributed by atoms with Crippen LogP contribution < -0.4 is 4.90 Å². The largest absolute Gasteiger partial charge is 0.451 e. The molecule has 2 aromatic carbocycles. The SMILES string of the molecule is CC(=O)N1CCc2cc(C(=O)[C@@H](C)OC(=O)c3cncc4ccccc34)ccc21. The molecule has 0 unspecified atom stereocenters. The summed E-state index contributed by atoms with van der Waals surface area (Å²) in [5.74, 6) is -0.886. The normalized spacial score (nSPS) is 13.8. The van der Waals surface area contributed by atoms with Gasteiger partial charge in [0.15, 0.2) is 6.10 Å². The van der Waals surface area contributed by atoms with E-state index in [1.54, 1.807) is 36.2 Å². The van der Waals surface area contributed by atoms with Crippen LogP contribution in [0.4, 0.5) is 5.69 Å². The van der Waals surface area contributed by atoms with Gasteiger partial charge in [-0.25, -0.2) is 4.79 Å². The Morgan fingerprint density at radius 3 is 2.69 bits per heavy atom. The van der Waals surface area contributed by atoms with Crippen LogP contribution in [0.3, 0.4) is 0 Å². The van der Waals surface area contributed by atoms with Gasteiger partial charge in [0.2, 0.25) is 11.7 Å². The van der Waals surface area contributed by atoms with Gasteiger partial charge in [-0.1, -0.05) is 24.3 Å². The van der Waals surface area contributed by atoms with Crippen molar-refractivity contribution in [3.8, 4) is 0 Å².